The van der Waals surface area contributed by atoms with Crippen molar-refractivity contribution in [1.29, 1.82) is 0 Å². The van der Waals surface area contributed by atoms with E-state index in [0.717, 1.165) is 0 Å². The zero-order valence-electron chi connectivity index (χ0n) is 12.0. The van der Waals surface area contributed by atoms with Crippen LogP contribution in [0.5, 0.6) is 0 Å². The number of likely N-dealkylation sites (tertiary alicyclic amines) is 2. The zero-order valence-corrected chi connectivity index (χ0v) is 12.0. The SMILES string of the molecule is COC1CC(C(=O)O)N(C(=O)C2CCCN(C(N)=O)C2)C1. The van der Waals surface area contributed by atoms with Crippen LogP contribution in [0.25, 0.3) is 0 Å². The van der Waals surface area contributed by atoms with Gasteiger partial charge in [-0.2, -0.15) is 0 Å². The Morgan fingerprint density at radius 2 is 2.00 bits per heavy atom. The average molecular weight is 299 g/mol. The van der Waals surface area contributed by atoms with Crippen molar-refractivity contribution in [3.05, 3.63) is 0 Å². The Kier molecular flexibility index (Phi) is 4.66. The summed E-state index contributed by atoms with van der Waals surface area (Å²) >= 11 is 0. The van der Waals surface area contributed by atoms with Crippen molar-refractivity contribution in [2.24, 2.45) is 11.7 Å². The number of carboxylic acids is 1. The number of urea groups is 1. The molecule has 3 N–H and O–H groups in total. The third-order valence-corrected chi connectivity index (χ3v) is 4.25. The van der Waals surface area contributed by atoms with Gasteiger partial charge in [0.25, 0.3) is 0 Å². The lowest BCUT2D eigenvalue weighted by Gasteiger charge is -2.34. The molecule has 0 saturated carbocycles. The molecule has 3 unspecified atom stereocenters. The molecule has 8 nitrogen and oxygen atoms in total. The number of nitrogens with zero attached hydrogens (tertiary/aromatic N) is 2. The van der Waals surface area contributed by atoms with E-state index in [1.165, 1.54) is 16.9 Å². The van der Waals surface area contributed by atoms with E-state index in [-0.39, 0.29) is 31.0 Å². The molecular formula is C13H21N3O5. The van der Waals surface area contributed by atoms with Crippen LogP contribution in [0.3, 0.4) is 0 Å². The zero-order chi connectivity index (χ0) is 15.6. The molecule has 2 fully saturated rings. The number of carbonyl (C=O) groups is 3. The van der Waals surface area contributed by atoms with E-state index < -0.39 is 18.0 Å². The summed E-state index contributed by atoms with van der Waals surface area (Å²) in [7, 11) is 1.51. The van der Waals surface area contributed by atoms with Crippen LogP contribution in [-0.4, -0.2) is 71.7 Å². The van der Waals surface area contributed by atoms with Crippen LogP contribution >= 0.6 is 0 Å². The van der Waals surface area contributed by atoms with Crippen LogP contribution in [0.4, 0.5) is 4.79 Å². The Hall–Kier alpha value is -1.83. The van der Waals surface area contributed by atoms with Gasteiger partial charge < -0.3 is 25.4 Å². The van der Waals surface area contributed by atoms with Gasteiger partial charge in [-0.3, -0.25) is 4.79 Å². The minimum Gasteiger partial charge on any atom is -0.480 e. The van der Waals surface area contributed by atoms with Crippen LogP contribution < -0.4 is 5.73 Å². The van der Waals surface area contributed by atoms with Crippen molar-refractivity contribution in [2.75, 3.05) is 26.7 Å². The van der Waals surface area contributed by atoms with E-state index in [1.807, 2.05) is 0 Å². The highest BCUT2D eigenvalue weighted by atomic mass is 16.5. The number of hydrogen-bond donors (Lipinski definition) is 2. The average Bonchev–Trinajstić information content (AvgIpc) is 2.91. The fourth-order valence-corrected chi connectivity index (χ4v) is 3.06. The lowest BCUT2D eigenvalue weighted by Crippen LogP contribution is -2.50. The number of piperidine rings is 1. The smallest absolute Gasteiger partial charge is 0.326 e. The Morgan fingerprint density at radius 3 is 2.57 bits per heavy atom. The molecular weight excluding hydrogens is 278 g/mol. The molecule has 118 valence electrons. The largest absolute Gasteiger partial charge is 0.480 e. The molecule has 21 heavy (non-hydrogen) atoms. The highest BCUT2D eigenvalue weighted by Crippen LogP contribution is 2.26. The number of carboxylic acid groups (broad SMARTS) is 1. The van der Waals surface area contributed by atoms with Crippen LogP contribution in [0.1, 0.15) is 19.3 Å². The maximum absolute atomic E-state index is 12.6. The molecule has 0 spiro atoms. The topological polar surface area (TPSA) is 113 Å². The van der Waals surface area contributed by atoms with Gasteiger partial charge in [0, 0.05) is 33.2 Å². The molecule has 2 saturated heterocycles. The molecule has 2 aliphatic rings. The van der Waals surface area contributed by atoms with Gasteiger partial charge in [0.2, 0.25) is 5.91 Å². The molecule has 0 aromatic heterocycles. The standard InChI is InChI=1S/C13H21N3O5/c1-21-9-5-10(12(18)19)16(7-9)11(17)8-3-2-4-15(6-8)13(14)20/h8-10H,2-7H2,1H3,(H2,14,20)(H,18,19). The quantitative estimate of drug-likeness (QED) is 0.728. The van der Waals surface area contributed by atoms with Crippen molar-refractivity contribution in [3.8, 4) is 0 Å². The van der Waals surface area contributed by atoms with Crippen molar-refractivity contribution in [1.82, 2.24) is 9.80 Å². The Morgan fingerprint density at radius 1 is 1.29 bits per heavy atom. The first kappa shape index (κ1) is 15.6. The Balaban J connectivity index is 2.07. The molecule has 3 atom stereocenters. The van der Waals surface area contributed by atoms with Crippen LogP contribution in [0, 0.1) is 5.92 Å². The van der Waals surface area contributed by atoms with Crippen LogP contribution in [0.2, 0.25) is 0 Å². The summed E-state index contributed by atoms with van der Waals surface area (Å²) in [6, 6.07) is -1.40. The number of hydrogen-bond acceptors (Lipinski definition) is 4. The van der Waals surface area contributed by atoms with Crippen molar-refractivity contribution in [3.63, 3.8) is 0 Å². The van der Waals surface area contributed by atoms with E-state index >= 15 is 0 Å². The fraction of sp³-hybridized carbons (Fsp3) is 0.769. The van der Waals surface area contributed by atoms with E-state index in [0.29, 0.717) is 25.8 Å². The van der Waals surface area contributed by atoms with Gasteiger partial charge in [-0.1, -0.05) is 0 Å². The van der Waals surface area contributed by atoms with Gasteiger partial charge in [-0.25, -0.2) is 9.59 Å². The lowest BCUT2D eigenvalue weighted by atomic mass is 9.96. The minimum atomic E-state index is -1.02. The van der Waals surface area contributed by atoms with Gasteiger partial charge in [-0.05, 0) is 12.8 Å². The highest BCUT2D eigenvalue weighted by molar-refractivity contribution is 5.86. The van der Waals surface area contributed by atoms with E-state index in [4.69, 9.17) is 10.5 Å². The Labute approximate surface area is 122 Å². The number of aliphatic carboxylic acids is 1. The van der Waals surface area contributed by atoms with Crippen molar-refractivity contribution >= 4 is 17.9 Å². The van der Waals surface area contributed by atoms with Crippen LogP contribution in [0.15, 0.2) is 0 Å². The molecule has 0 aromatic rings. The second-order valence-electron chi connectivity index (χ2n) is 5.56. The summed E-state index contributed by atoms with van der Waals surface area (Å²) in [5, 5.41) is 9.25. The number of primary amides is 1. The second-order valence-corrected chi connectivity index (χ2v) is 5.56. The number of methoxy groups -OCH3 is 1. The summed E-state index contributed by atoms with van der Waals surface area (Å²) in [6.45, 7) is 1.08. The number of amides is 3. The maximum atomic E-state index is 12.6. The number of ether oxygens (including phenoxy) is 1. The summed E-state index contributed by atoms with van der Waals surface area (Å²) in [4.78, 5) is 37.9. The molecule has 0 aliphatic carbocycles. The van der Waals surface area contributed by atoms with Gasteiger partial charge in [0.1, 0.15) is 6.04 Å². The highest BCUT2D eigenvalue weighted by Gasteiger charge is 2.42. The third kappa shape index (κ3) is 3.26. The van der Waals surface area contributed by atoms with Crippen molar-refractivity contribution in [2.45, 2.75) is 31.4 Å². The van der Waals surface area contributed by atoms with Crippen LogP contribution in [-0.2, 0) is 14.3 Å². The summed E-state index contributed by atoms with van der Waals surface area (Å²) < 4.78 is 5.18. The predicted molar refractivity (Wildman–Crippen MR) is 72.4 cm³/mol. The molecule has 2 heterocycles. The monoisotopic (exact) mass is 299 g/mol. The maximum Gasteiger partial charge on any atom is 0.326 e. The normalized spacial score (nSPS) is 29.5. The van der Waals surface area contributed by atoms with E-state index in [9.17, 15) is 19.5 Å². The van der Waals surface area contributed by atoms with Gasteiger partial charge in [0.05, 0.1) is 12.0 Å². The summed E-state index contributed by atoms with van der Waals surface area (Å²) in [5.74, 6) is -1.64. The third-order valence-electron chi connectivity index (χ3n) is 4.25. The van der Waals surface area contributed by atoms with Gasteiger partial charge >= 0.3 is 12.0 Å². The molecule has 0 bridgehead atoms. The number of carbonyl (C=O) groups excluding carboxylic acids is 2. The molecule has 0 aromatic carbocycles. The minimum absolute atomic E-state index is 0.229. The number of nitrogens with two attached hydrogens (primary N) is 1. The molecule has 2 rings (SSSR count). The first-order valence-electron chi connectivity index (χ1n) is 7.04. The molecule has 3 amide bonds. The lowest BCUT2D eigenvalue weighted by molar-refractivity contribution is -0.150. The van der Waals surface area contributed by atoms with E-state index in [1.54, 1.807) is 0 Å². The van der Waals surface area contributed by atoms with Gasteiger partial charge in [-0.15, -0.1) is 0 Å². The first-order chi connectivity index (χ1) is 9.93. The molecule has 8 heteroatoms. The first-order valence-corrected chi connectivity index (χ1v) is 7.04. The fourth-order valence-electron chi connectivity index (χ4n) is 3.06. The Bertz CT molecular complexity index is 442. The molecule has 0 radical (unpaired) electrons. The van der Waals surface area contributed by atoms with E-state index in [2.05, 4.69) is 0 Å². The summed E-state index contributed by atoms with van der Waals surface area (Å²) in [5.41, 5.74) is 5.25. The molecule has 2 aliphatic heterocycles. The number of rotatable bonds is 3. The second kappa shape index (κ2) is 6.30. The van der Waals surface area contributed by atoms with Crippen molar-refractivity contribution < 1.29 is 24.2 Å². The van der Waals surface area contributed by atoms with Gasteiger partial charge in [0.15, 0.2) is 0 Å². The summed E-state index contributed by atoms with van der Waals surface area (Å²) in [6.07, 6.45) is 1.37. The predicted octanol–water partition coefficient (Wildman–Crippen LogP) is -0.522.